The molecule has 0 aliphatic carbocycles. The number of hydrogen-bond donors (Lipinski definition) is 1. The van der Waals surface area contributed by atoms with E-state index < -0.39 is 0 Å². The highest BCUT2D eigenvalue weighted by molar-refractivity contribution is 9.10. The van der Waals surface area contributed by atoms with Gasteiger partial charge in [0.15, 0.2) is 0 Å². The molecule has 1 amide bonds. The molecule has 0 saturated heterocycles. The summed E-state index contributed by atoms with van der Waals surface area (Å²) < 4.78 is 3.18. The van der Waals surface area contributed by atoms with Crippen LogP contribution in [-0.4, -0.2) is 16.7 Å². The number of benzene rings is 2. The third kappa shape index (κ3) is 4.31. The quantitative estimate of drug-likeness (QED) is 0.414. The monoisotopic (exact) mass is 443 g/mol. The molecule has 0 aliphatic rings. The summed E-state index contributed by atoms with van der Waals surface area (Å²) in [5, 5.41) is 4.51. The Hall–Kier alpha value is -2.37. The van der Waals surface area contributed by atoms with E-state index in [1.807, 2.05) is 57.2 Å². The van der Waals surface area contributed by atoms with Crippen LogP contribution in [0.3, 0.4) is 0 Å². The van der Waals surface area contributed by atoms with Gasteiger partial charge in [-0.15, -0.1) is 0 Å². The van der Waals surface area contributed by atoms with E-state index in [-0.39, 0.29) is 5.91 Å². The first-order valence-electron chi connectivity index (χ1n) is 8.41. The molecule has 0 fully saturated rings. The molecule has 1 heterocycles. The molecule has 1 N–H and O–H groups in total. The first-order valence-corrected chi connectivity index (χ1v) is 9.58. The minimum atomic E-state index is -0.335. The van der Waals surface area contributed by atoms with Crippen LogP contribution in [0.5, 0.6) is 0 Å². The lowest BCUT2D eigenvalue weighted by molar-refractivity contribution is 0.0955. The Morgan fingerprint density at radius 3 is 2.48 bits per heavy atom. The number of aryl methyl sites for hydroxylation is 2. The number of hydrogen-bond acceptors (Lipinski definition) is 2. The smallest absolute Gasteiger partial charge is 0.272 e. The third-order valence-corrected chi connectivity index (χ3v) is 5.14. The molecule has 0 spiro atoms. The number of aromatic nitrogens is 1. The second-order valence-corrected chi connectivity index (χ2v) is 7.64. The van der Waals surface area contributed by atoms with Crippen LogP contribution in [0.15, 0.2) is 58.1 Å². The van der Waals surface area contributed by atoms with Gasteiger partial charge in [0, 0.05) is 27.1 Å². The molecule has 2 aromatic carbocycles. The van der Waals surface area contributed by atoms with Gasteiger partial charge in [0.2, 0.25) is 0 Å². The number of rotatable bonds is 4. The van der Waals surface area contributed by atoms with Crippen molar-refractivity contribution in [1.29, 1.82) is 0 Å². The summed E-state index contributed by atoms with van der Waals surface area (Å²) in [5.74, 6) is -0.335. The summed E-state index contributed by atoms with van der Waals surface area (Å²) in [5.41, 5.74) is 8.08. The predicted octanol–water partition coefficient (Wildman–Crippen LogP) is 5.58. The molecule has 4 nitrogen and oxygen atoms in total. The molecule has 27 heavy (non-hydrogen) atoms. The first kappa shape index (κ1) is 19.4. The highest BCUT2D eigenvalue weighted by Gasteiger charge is 2.11. The Bertz CT molecular complexity index is 1020. The van der Waals surface area contributed by atoms with Crippen molar-refractivity contribution in [2.45, 2.75) is 20.8 Å². The fraction of sp³-hybridized carbons (Fsp3) is 0.143. The van der Waals surface area contributed by atoms with Gasteiger partial charge in [-0.1, -0.05) is 33.6 Å². The van der Waals surface area contributed by atoms with Crippen LogP contribution in [-0.2, 0) is 0 Å². The summed E-state index contributed by atoms with van der Waals surface area (Å²) in [4.78, 5) is 12.3. The SMILES string of the molecule is Cc1ccc(C(=O)N/N=C\c2cc(C)n(-c3ccc(Br)cc3)c2C)c(Cl)c1. The number of nitrogens with zero attached hydrogens (tertiary/aromatic N) is 2. The fourth-order valence-corrected chi connectivity index (χ4v) is 3.52. The summed E-state index contributed by atoms with van der Waals surface area (Å²) in [6, 6.07) is 15.4. The number of amides is 1. The van der Waals surface area contributed by atoms with Crippen molar-refractivity contribution in [3.8, 4) is 5.69 Å². The standard InChI is InChI=1S/C21H19BrClN3O/c1-13-4-9-19(20(23)10-13)21(27)25-24-12-16-11-14(2)26(15(16)3)18-7-5-17(22)6-8-18/h4-12H,1-3H3,(H,25,27)/b24-12-. The van der Waals surface area contributed by atoms with E-state index in [9.17, 15) is 4.79 Å². The third-order valence-electron chi connectivity index (χ3n) is 4.29. The molecule has 138 valence electrons. The Balaban J connectivity index is 1.79. The van der Waals surface area contributed by atoms with Crippen LogP contribution < -0.4 is 5.43 Å². The van der Waals surface area contributed by atoms with Crippen molar-refractivity contribution in [1.82, 2.24) is 9.99 Å². The van der Waals surface area contributed by atoms with Gasteiger partial charge in [0.05, 0.1) is 16.8 Å². The Kier molecular flexibility index (Phi) is 5.82. The summed E-state index contributed by atoms with van der Waals surface area (Å²) >= 11 is 9.59. The molecule has 0 unspecified atom stereocenters. The number of halogens is 2. The summed E-state index contributed by atoms with van der Waals surface area (Å²) in [6.45, 7) is 5.99. The molecule has 3 aromatic rings. The van der Waals surface area contributed by atoms with Crippen LogP contribution in [0.4, 0.5) is 0 Å². The van der Waals surface area contributed by atoms with E-state index in [1.54, 1.807) is 18.3 Å². The predicted molar refractivity (Wildman–Crippen MR) is 114 cm³/mol. The van der Waals surface area contributed by atoms with Crippen molar-refractivity contribution in [3.63, 3.8) is 0 Å². The molecular formula is C21H19BrClN3O. The highest BCUT2D eigenvalue weighted by atomic mass is 79.9. The molecule has 1 aromatic heterocycles. The van der Waals surface area contributed by atoms with Gasteiger partial charge in [-0.3, -0.25) is 4.79 Å². The van der Waals surface area contributed by atoms with Crippen LogP contribution in [0.2, 0.25) is 5.02 Å². The van der Waals surface area contributed by atoms with Gasteiger partial charge in [-0.25, -0.2) is 5.43 Å². The molecule has 0 bridgehead atoms. The van der Waals surface area contributed by atoms with E-state index in [1.165, 1.54) is 0 Å². The van der Waals surface area contributed by atoms with Gasteiger partial charge < -0.3 is 4.57 Å². The lowest BCUT2D eigenvalue weighted by Gasteiger charge is -2.09. The van der Waals surface area contributed by atoms with Gasteiger partial charge in [0.1, 0.15) is 0 Å². The normalized spacial score (nSPS) is 11.1. The van der Waals surface area contributed by atoms with Crippen molar-refractivity contribution < 1.29 is 4.79 Å². The molecule has 6 heteroatoms. The molecule has 0 saturated carbocycles. The van der Waals surface area contributed by atoms with Gasteiger partial charge in [0.25, 0.3) is 5.91 Å². The van der Waals surface area contributed by atoms with Gasteiger partial charge in [-0.05, 0) is 68.8 Å². The molecular weight excluding hydrogens is 426 g/mol. The minimum Gasteiger partial charge on any atom is -0.318 e. The molecule has 0 aliphatic heterocycles. The topological polar surface area (TPSA) is 46.4 Å². The average Bonchev–Trinajstić information content (AvgIpc) is 2.89. The number of hydrazone groups is 1. The first-order chi connectivity index (χ1) is 12.9. The Morgan fingerprint density at radius 1 is 1.11 bits per heavy atom. The molecule has 3 rings (SSSR count). The molecule has 0 radical (unpaired) electrons. The van der Waals surface area contributed by atoms with Crippen molar-refractivity contribution >= 4 is 39.7 Å². The van der Waals surface area contributed by atoms with E-state index in [0.717, 1.165) is 32.7 Å². The number of carbonyl (C=O) groups is 1. The highest BCUT2D eigenvalue weighted by Crippen LogP contribution is 2.21. The zero-order valence-electron chi connectivity index (χ0n) is 15.3. The summed E-state index contributed by atoms with van der Waals surface area (Å²) in [6.07, 6.45) is 1.65. The maximum absolute atomic E-state index is 12.3. The minimum absolute atomic E-state index is 0.335. The number of nitrogens with one attached hydrogen (secondary N) is 1. The van der Waals surface area contributed by atoms with Gasteiger partial charge >= 0.3 is 0 Å². The number of carbonyl (C=O) groups excluding carboxylic acids is 1. The van der Waals surface area contributed by atoms with Crippen molar-refractivity contribution in [2.24, 2.45) is 5.10 Å². The molecule has 0 atom stereocenters. The zero-order chi connectivity index (χ0) is 19.6. The second-order valence-electron chi connectivity index (χ2n) is 6.32. The zero-order valence-corrected chi connectivity index (χ0v) is 17.6. The average molecular weight is 445 g/mol. The van der Waals surface area contributed by atoms with Crippen molar-refractivity contribution in [2.75, 3.05) is 0 Å². The second kappa shape index (κ2) is 8.11. The largest absolute Gasteiger partial charge is 0.318 e. The summed E-state index contributed by atoms with van der Waals surface area (Å²) in [7, 11) is 0. The Labute approximate surface area is 172 Å². The van der Waals surface area contributed by atoms with Crippen LogP contribution in [0, 0.1) is 20.8 Å². The fourth-order valence-electron chi connectivity index (χ4n) is 2.93. The lowest BCUT2D eigenvalue weighted by Crippen LogP contribution is -2.18. The maximum Gasteiger partial charge on any atom is 0.272 e. The Morgan fingerprint density at radius 2 is 1.81 bits per heavy atom. The van der Waals surface area contributed by atoms with E-state index in [0.29, 0.717) is 10.6 Å². The van der Waals surface area contributed by atoms with Crippen LogP contribution >= 0.6 is 27.5 Å². The van der Waals surface area contributed by atoms with Crippen LogP contribution in [0.1, 0.15) is 32.9 Å². The van der Waals surface area contributed by atoms with Crippen LogP contribution in [0.25, 0.3) is 5.69 Å². The van der Waals surface area contributed by atoms with Crippen molar-refractivity contribution in [3.05, 3.63) is 86.1 Å². The maximum atomic E-state index is 12.3. The van der Waals surface area contributed by atoms with E-state index >= 15 is 0 Å². The van der Waals surface area contributed by atoms with Gasteiger partial charge in [-0.2, -0.15) is 5.10 Å². The lowest BCUT2D eigenvalue weighted by atomic mass is 10.1. The van der Waals surface area contributed by atoms with E-state index in [4.69, 9.17) is 11.6 Å². The van der Waals surface area contributed by atoms with E-state index in [2.05, 4.69) is 31.0 Å².